The Morgan fingerprint density at radius 2 is 1.65 bits per heavy atom. The minimum atomic E-state index is 0.427. The van der Waals surface area contributed by atoms with Crippen molar-refractivity contribution in [3.63, 3.8) is 0 Å². The summed E-state index contributed by atoms with van der Waals surface area (Å²) in [4.78, 5) is 0. The summed E-state index contributed by atoms with van der Waals surface area (Å²) >= 11 is 0. The third kappa shape index (κ3) is 5.66. The van der Waals surface area contributed by atoms with E-state index in [1.165, 1.54) is 29.5 Å². The molecule has 20 heavy (non-hydrogen) atoms. The zero-order chi connectivity index (χ0) is 15.3. The lowest BCUT2D eigenvalue weighted by molar-refractivity contribution is 0.277. The van der Waals surface area contributed by atoms with Crippen LogP contribution in [0.4, 0.5) is 0 Å². The normalized spacial score (nSPS) is 15.2. The molecule has 0 heterocycles. The standard InChI is InChI=1S/C19H33N/c1-14(13-19(4,5)6)11-17(20-7)12-18-15(2)9-8-10-16(18)3/h8-10,14,17,20H,11-13H2,1-7H3. The van der Waals surface area contributed by atoms with Crippen molar-refractivity contribution in [1.82, 2.24) is 5.32 Å². The first-order chi connectivity index (χ1) is 9.23. The Morgan fingerprint density at radius 3 is 2.10 bits per heavy atom. The van der Waals surface area contributed by atoms with Crippen molar-refractivity contribution in [1.29, 1.82) is 0 Å². The molecule has 1 aromatic carbocycles. The van der Waals surface area contributed by atoms with E-state index in [2.05, 4.69) is 72.1 Å². The van der Waals surface area contributed by atoms with E-state index in [1.54, 1.807) is 0 Å². The fourth-order valence-corrected chi connectivity index (χ4v) is 3.34. The summed E-state index contributed by atoms with van der Waals surface area (Å²) in [5, 5.41) is 3.52. The summed E-state index contributed by atoms with van der Waals surface area (Å²) in [5.74, 6) is 0.761. The van der Waals surface area contributed by atoms with Gasteiger partial charge in [-0.2, -0.15) is 0 Å². The van der Waals surface area contributed by atoms with Crippen LogP contribution in [0, 0.1) is 25.2 Å². The van der Waals surface area contributed by atoms with Crippen molar-refractivity contribution < 1.29 is 0 Å². The number of nitrogens with one attached hydrogen (secondary N) is 1. The third-order valence-electron chi connectivity index (χ3n) is 4.15. The third-order valence-corrected chi connectivity index (χ3v) is 4.15. The SMILES string of the molecule is CNC(Cc1c(C)cccc1C)CC(C)CC(C)(C)C. The fourth-order valence-electron chi connectivity index (χ4n) is 3.34. The van der Waals surface area contributed by atoms with E-state index in [1.807, 2.05) is 0 Å². The Bertz CT molecular complexity index is 394. The number of benzene rings is 1. The second-order valence-electron chi connectivity index (χ2n) is 7.67. The van der Waals surface area contributed by atoms with Crippen LogP contribution in [0.3, 0.4) is 0 Å². The summed E-state index contributed by atoms with van der Waals surface area (Å²) in [6, 6.07) is 7.19. The molecule has 0 aromatic heterocycles. The highest BCUT2D eigenvalue weighted by molar-refractivity contribution is 5.34. The lowest BCUT2D eigenvalue weighted by Gasteiger charge is -2.27. The maximum atomic E-state index is 3.52. The topological polar surface area (TPSA) is 12.0 Å². The van der Waals surface area contributed by atoms with E-state index >= 15 is 0 Å². The highest BCUT2D eigenvalue weighted by Gasteiger charge is 2.19. The monoisotopic (exact) mass is 275 g/mol. The summed E-state index contributed by atoms with van der Waals surface area (Å²) in [6.45, 7) is 13.9. The minimum absolute atomic E-state index is 0.427. The van der Waals surface area contributed by atoms with Crippen LogP contribution in [0.1, 0.15) is 57.2 Å². The molecule has 0 aliphatic heterocycles. The zero-order valence-electron chi connectivity index (χ0n) is 14.5. The van der Waals surface area contributed by atoms with E-state index in [9.17, 15) is 0 Å². The van der Waals surface area contributed by atoms with Crippen LogP contribution in [-0.4, -0.2) is 13.1 Å². The molecule has 0 saturated heterocycles. The Labute approximate surface area is 126 Å². The van der Waals surface area contributed by atoms with Gasteiger partial charge in [-0.1, -0.05) is 45.9 Å². The van der Waals surface area contributed by atoms with Crippen LogP contribution in [0.2, 0.25) is 0 Å². The van der Waals surface area contributed by atoms with Crippen LogP contribution >= 0.6 is 0 Å². The van der Waals surface area contributed by atoms with Gasteiger partial charge in [0, 0.05) is 6.04 Å². The number of hydrogen-bond acceptors (Lipinski definition) is 1. The minimum Gasteiger partial charge on any atom is -0.317 e. The van der Waals surface area contributed by atoms with Crippen molar-refractivity contribution in [3.05, 3.63) is 34.9 Å². The van der Waals surface area contributed by atoms with Crippen LogP contribution < -0.4 is 5.32 Å². The molecule has 0 fully saturated rings. The fraction of sp³-hybridized carbons (Fsp3) is 0.684. The summed E-state index contributed by atoms with van der Waals surface area (Å²) in [6.07, 6.45) is 3.68. The second-order valence-corrected chi connectivity index (χ2v) is 7.67. The average molecular weight is 275 g/mol. The quantitative estimate of drug-likeness (QED) is 0.779. The predicted octanol–water partition coefficient (Wildman–Crippen LogP) is 4.90. The molecule has 1 heteroatoms. The molecule has 0 bridgehead atoms. The lowest BCUT2D eigenvalue weighted by atomic mass is 9.82. The van der Waals surface area contributed by atoms with Crippen LogP contribution in [0.5, 0.6) is 0 Å². The molecule has 0 aliphatic rings. The van der Waals surface area contributed by atoms with Crippen LogP contribution in [0.25, 0.3) is 0 Å². The summed E-state index contributed by atoms with van der Waals surface area (Å²) in [5.41, 5.74) is 4.80. The highest BCUT2D eigenvalue weighted by Crippen LogP contribution is 2.27. The van der Waals surface area contributed by atoms with Crippen LogP contribution in [0.15, 0.2) is 18.2 Å². The van der Waals surface area contributed by atoms with Crippen molar-refractivity contribution >= 4 is 0 Å². The molecule has 1 N–H and O–H groups in total. The first-order valence-corrected chi connectivity index (χ1v) is 7.95. The largest absolute Gasteiger partial charge is 0.317 e. The molecule has 2 unspecified atom stereocenters. The van der Waals surface area contributed by atoms with Gasteiger partial charge in [0.1, 0.15) is 0 Å². The zero-order valence-corrected chi connectivity index (χ0v) is 14.5. The number of hydrogen-bond donors (Lipinski definition) is 1. The summed E-state index contributed by atoms with van der Waals surface area (Å²) in [7, 11) is 2.10. The van der Waals surface area contributed by atoms with Gasteiger partial charge in [0.25, 0.3) is 0 Å². The smallest absolute Gasteiger partial charge is 0.0107 e. The van der Waals surface area contributed by atoms with Gasteiger partial charge in [0.2, 0.25) is 0 Å². The number of aryl methyl sites for hydroxylation is 2. The van der Waals surface area contributed by atoms with Gasteiger partial charge in [0.05, 0.1) is 0 Å². The average Bonchev–Trinajstić information content (AvgIpc) is 2.30. The molecule has 0 spiro atoms. The summed E-state index contributed by atoms with van der Waals surface area (Å²) < 4.78 is 0. The Morgan fingerprint density at radius 1 is 1.10 bits per heavy atom. The highest BCUT2D eigenvalue weighted by atomic mass is 14.9. The van der Waals surface area contributed by atoms with Crippen molar-refractivity contribution in [2.24, 2.45) is 11.3 Å². The molecule has 114 valence electrons. The molecule has 1 nitrogen and oxygen atoms in total. The Hall–Kier alpha value is -0.820. The predicted molar refractivity (Wildman–Crippen MR) is 90.3 cm³/mol. The molecule has 0 amide bonds. The van der Waals surface area contributed by atoms with Gasteiger partial charge in [0.15, 0.2) is 0 Å². The van der Waals surface area contributed by atoms with Crippen molar-refractivity contribution in [2.75, 3.05) is 7.05 Å². The van der Waals surface area contributed by atoms with Crippen molar-refractivity contribution in [3.8, 4) is 0 Å². The van der Waals surface area contributed by atoms with Crippen LogP contribution in [-0.2, 0) is 6.42 Å². The van der Waals surface area contributed by atoms with Gasteiger partial charge in [-0.3, -0.25) is 0 Å². The van der Waals surface area contributed by atoms with E-state index in [-0.39, 0.29) is 0 Å². The van der Waals surface area contributed by atoms with E-state index < -0.39 is 0 Å². The lowest BCUT2D eigenvalue weighted by Crippen LogP contribution is -2.31. The molecular formula is C19H33N. The molecule has 0 aliphatic carbocycles. The Kier molecular flexibility index (Phi) is 6.26. The van der Waals surface area contributed by atoms with Gasteiger partial charge < -0.3 is 5.32 Å². The number of likely N-dealkylation sites (N-methyl/N-ethyl adjacent to an activating group) is 1. The van der Waals surface area contributed by atoms with Gasteiger partial charge >= 0.3 is 0 Å². The second kappa shape index (κ2) is 7.26. The maximum absolute atomic E-state index is 3.52. The van der Waals surface area contributed by atoms with E-state index in [0.717, 1.165) is 12.3 Å². The number of rotatable bonds is 6. The van der Waals surface area contributed by atoms with E-state index in [4.69, 9.17) is 0 Å². The molecular weight excluding hydrogens is 242 g/mol. The maximum Gasteiger partial charge on any atom is 0.0107 e. The van der Waals surface area contributed by atoms with Gasteiger partial charge in [-0.15, -0.1) is 0 Å². The Balaban J connectivity index is 2.68. The molecule has 1 rings (SSSR count). The molecule has 1 aromatic rings. The first-order valence-electron chi connectivity index (χ1n) is 7.95. The first kappa shape index (κ1) is 17.2. The molecule has 0 radical (unpaired) electrons. The van der Waals surface area contributed by atoms with Gasteiger partial charge in [-0.25, -0.2) is 0 Å². The van der Waals surface area contributed by atoms with Crippen molar-refractivity contribution in [2.45, 2.75) is 66.8 Å². The molecule has 2 atom stereocenters. The molecule has 0 saturated carbocycles. The van der Waals surface area contributed by atoms with E-state index in [0.29, 0.717) is 11.5 Å². The van der Waals surface area contributed by atoms with Gasteiger partial charge in [-0.05, 0) is 68.2 Å².